The van der Waals surface area contributed by atoms with E-state index in [1.54, 1.807) is 18.3 Å². The van der Waals surface area contributed by atoms with Crippen molar-refractivity contribution in [2.45, 2.75) is 0 Å². The Bertz CT molecular complexity index is 1100. The lowest BCUT2D eigenvalue weighted by molar-refractivity contribution is 1.09. The third kappa shape index (κ3) is 2.63. The molecule has 2 aromatic carbocycles. The minimum absolute atomic E-state index is 0.493. The summed E-state index contributed by atoms with van der Waals surface area (Å²) in [6.45, 7) is 0. The molecule has 0 aliphatic rings. The predicted molar refractivity (Wildman–Crippen MR) is 101 cm³/mol. The predicted octanol–water partition coefficient (Wildman–Crippen LogP) is 6.03. The molecule has 4 rings (SSSR count). The van der Waals surface area contributed by atoms with Crippen LogP contribution in [0.3, 0.4) is 0 Å². The van der Waals surface area contributed by atoms with Gasteiger partial charge in [-0.2, -0.15) is 0 Å². The zero-order valence-electron chi connectivity index (χ0n) is 12.3. The molecule has 6 heteroatoms. The quantitative estimate of drug-likeness (QED) is 0.436. The van der Waals surface area contributed by atoms with Crippen LogP contribution in [0.15, 0.2) is 60.9 Å². The highest BCUT2D eigenvalue weighted by atomic mass is 35.5. The van der Waals surface area contributed by atoms with Crippen LogP contribution in [0.4, 0.5) is 0 Å². The second kappa shape index (κ2) is 6.06. The molecule has 0 fully saturated rings. The number of benzene rings is 2. The average molecular weight is 372 g/mol. The number of hydrogen-bond donors (Lipinski definition) is 1. The highest BCUT2D eigenvalue weighted by Gasteiger charge is 2.09. The van der Waals surface area contributed by atoms with Crippen molar-refractivity contribution in [3.8, 4) is 22.4 Å². The maximum atomic E-state index is 6.12. The standard InChI is InChI=1S/C18H11Cl2N3S/c19-14-7-6-12(8-15(14)20)13-9-21-18-22-16(10-23(18)17(13)24)11-4-2-1-3-5-11/h1-10H,(H,21,22). The molecule has 4 aromatic rings. The van der Waals surface area contributed by atoms with Gasteiger partial charge in [-0.25, -0.2) is 4.98 Å². The highest BCUT2D eigenvalue weighted by Crippen LogP contribution is 2.29. The molecule has 0 bridgehead atoms. The van der Waals surface area contributed by atoms with Crippen molar-refractivity contribution in [2.24, 2.45) is 0 Å². The third-order valence-corrected chi connectivity index (χ3v) is 4.97. The van der Waals surface area contributed by atoms with Crippen molar-refractivity contribution in [3.05, 3.63) is 75.6 Å². The Morgan fingerprint density at radius 1 is 0.958 bits per heavy atom. The molecular formula is C18H11Cl2N3S. The van der Waals surface area contributed by atoms with E-state index in [1.165, 1.54) is 0 Å². The number of imidazole rings is 1. The average Bonchev–Trinajstić information content (AvgIpc) is 3.04. The Kier molecular flexibility index (Phi) is 3.88. The first kappa shape index (κ1) is 15.4. The summed E-state index contributed by atoms with van der Waals surface area (Å²) in [5.41, 5.74) is 3.76. The summed E-state index contributed by atoms with van der Waals surface area (Å²) in [5.74, 6) is 0.697. The van der Waals surface area contributed by atoms with Gasteiger partial charge in [0, 0.05) is 18.0 Å². The van der Waals surface area contributed by atoms with Crippen molar-refractivity contribution in [1.82, 2.24) is 14.4 Å². The minimum Gasteiger partial charge on any atom is -0.323 e. The lowest BCUT2D eigenvalue weighted by Crippen LogP contribution is -1.92. The van der Waals surface area contributed by atoms with E-state index in [2.05, 4.69) is 9.97 Å². The summed E-state index contributed by atoms with van der Waals surface area (Å²) in [7, 11) is 0. The number of fused-ring (bicyclic) bond motifs is 1. The van der Waals surface area contributed by atoms with Crippen LogP contribution in [-0.4, -0.2) is 14.4 Å². The molecule has 1 N–H and O–H groups in total. The molecule has 118 valence electrons. The normalized spacial score (nSPS) is 11.1. The summed E-state index contributed by atoms with van der Waals surface area (Å²) in [6.07, 6.45) is 3.71. The maximum absolute atomic E-state index is 6.12. The first-order valence-corrected chi connectivity index (χ1v) is 8.41. The van der Waals surface area contributed by atoms with Gasteiger partial charge < -0.3 is 4.98 Å². The van der Waals surface area contributed by atoms with Gasteiger partial charge in [-0.05, 0) is 23.3 Å². The zero-order chi connectivity index (χ0) is 16.7. The molecule has 24 heavy (non-hydrogen) atoms. The van der Waals surface area contributed by atoms with Crippen molar-refractivity contribution < 1.29 is 0 Å². The fourth-order valence-corrected chi connectivity index (χ4v) is 3.20. The topological polar surface area (TPSA) is 33.1 Å². The first-order valence-electron chi connectivity index (χ1n) is 7.25. The van der Waals surface area contributed by atoms with E-state index in [0.29, 0.717) is 20.5 Å². The summed E-state index contributed by atoms with van der Waals surface area (Å²) in [5, 5.41) is 1.01. The second-order valence-electron chi connectivity index (χ2n) is 5.33. The van der Waals surface area contributed by atoms with Crippen LogP contribution in [0.1, 0.15) is 0 Å². The van der Waals surface area contributed by atoms with Gasteiger partial charge in [-0.15, -0.1) is 0 Å². The van der Waals surface area contributed by atoms with E-state index >= 15 is 0 Å². The van der Waals surface area contributed by atoms with Crippen molar-refractivity contribution in [1.29, 1.82) is 0 Å². The monoisotopic (exact) mass is 371 g/mol. The van der Waals surface area contributed by atoms with Gasteiger partial charge in [0.1, 0.15) is 4.64 Å². The Balaban J connectivity index is 1.89. The van der Waals surface area contributed by atoms with Gasteiger partial charge >= 0.3 is 0 Å². The Morgan fingerprint density at radius 3 is 2.50 bits per heavy atom. The van der Waals surface area contributed by atoms with E-state index in [9.17, 15) is 0 Å². The number of H-pyrrole nitrogens is 1. The summed E-state index contributed by atoms with van der Waals surface area (Å²) >= 11 is 17.8. The molecule has 3 nitrogen and oxygen atoms in total. The zero-order valence-corrected chi connectivity index (χ0v) is 14.7. The Hall–Kier alpha value is -2.14. The summed E-state index contributed by atoms with van der Waals surface area (Å²) < 4.78 is 2.53. The smallest absolute Gasteiger partial charge is 0.212 e. The number of nitrogens with one attached hydrogen (secondary N) is 1. The van der Waals surface area contributed by atoms with Gasteiger partial charge in [0.25, 0.3) is 0 Å². The van der Waals surface area contributed by atoms with E-state index in [1.807, 2.05) is 47.0 Å². The highest BCUT2D eigenvalue weighted by molar-refractivity contribution is 7.71. The summed E-state index contributed by atoms with van der Waals surface area (Å²) in [6, 6.07) is 15.5. The maximum Gasteiger partial charge on any atom is 0.212 e. The van der Waals surface area contributed by atoms with Crippen LogP contribution in [0, 0.1) is 4.64 Å². The van der Waals surface area contributed by atoms with Gasteiger partial charge in [-0.3, -0.25) is 4.40 Å². The van der Waals surface area contributed by atoms with Gasteiger partial charge in [0.15, 0.2) is 0 Å². The number of aromatic amines is 1. The Labute approximate surface area is 153 Å². The lowest BCUT2D eigenvalue weighted by atomic mass is 10.1. The minimum atomic E-state index is 0.493. The molecule has 2 aromatic heterocycles. The number of aromatic nitrogens is 3. The molecule has 0 unspecified atom stereocenters. The van der Waals surface area contributed by atoms with E-state index in [0.717, 1.165) is 22.4 Å². The Morgan fingerprint density at radius 2 is 1.75 bits per heavy atom. The molecular weight excluding hydrogens is 361 g/mol. The number of nitrogens with zero attached hydrogens (tertiary/aromatic N) is 2. The largest absolute Gasteiger partial charge is 0.323 e. The summed E-state index contributed by atoms with van der Waals surface area (Å²) in [4.78, 5) is 7.77. The van der Waals surface area contributed by atoms with Gasteiger partial charge in [-0.1, -0.05) is 71.8 Å². The molecule has 0 spiro atoms. The number of hydrogen-bond acceptors (Lipinski definition) is 2. The van der Waals surface area contributed by atoms with Crippen LogP contribution < -0.4 is 0 Å². The van der Waals surface area contributed by atoms with Crippen LogP contribution in [0.25, 0.3) is 28.2 Å². The van der Waals surface area contributed by atoms with Crippen LogP contribution in [-0.2, 0) is 0 Å². The molecule has 2 heterocycles. The van der Waals surface area contributed by atoms with Gasteiger partial charge in [0.2, 0.25) is 5.78 Å². The van der Waals surface area contributed by atoms with Crippen molar-refractivity contribution in [3.63, 3.8) is 0 Å². The number of halogens is 2. The van der Waals surface area contributed by atoms with E-state index in [-0.39, 0.29) is 0 Å². The van der Waals surface area contributed by atoms with Crippen LogP contribution >= 0.6 is 35.4 Å². The molecule has 0 amide bonds. The first-order chi connectivity index (χ1) is 11.6. The molecule has 0 aliphatic carbocycles. The lowest BCUT2D eigenvalue weighted by Gasteiger charge is -2.04. The SMILES string of the molecule is S=c1c(-c2ccc(Cl)c(Cl)c2)cnc2[nH]c(-c3ccccc3)cn12. The fraction of sp³-hybridized carbons (Fsp3) is 0. The molecule has 0 saturated carbocycles. The third-order valence-electron chi connectivity index (χ3n) is 3.81. The number of rotatable bonds is 2. The molecule has 0 atom stereocenters. The molecule has 0 saturated heterocycles. The van der Waals surface area contributed by atoms with Crippen molar-refractivity contribution >= 4 is 41.2 Å². The van der Waals surface area contributed by atoms with E-state index < -0.39 is 0 Å². The second-order valence-corrected chi connectivity index (χ2v) is 6.53. The van der Waals surface area contributed by atoms with Crippen molar-refractivity contribution in [2.75, 3.05) is 0 Å². The van der Waals surface area contributed by atoms with E-state index in [4.69, 9.17) is 35.4 Å². The molecule has 0 radical (unpaired) electrons. The molecule has 0 aliphatic heterocycles. The fourth-order valence-electron chi connectivity index (χ4n) is 2.59. The van der Waals surface area contributed by atoms with Gasteiger partial charge in [0.05, 0.1) is 15.7 Å². The van der Waals surface area contributed by atoms with Crippen LogP contribution in [0.2, 0.25) is 10.0 Å². The van der Waals surface area contributed by atoms with Crippen LogP contribution in [0.5, 0.6) is 0 Å².